The quantitative estimate of drug-likeness (QED) is 0.481. The lowest BCUT2D eigenvalue weighted by Crippen LogP contribution is -2.28. The van der Waals surface area contributed by atoms with Crippen molar-refractivity contribution in [3.05, 3.63) is 54.0 Å². The number of aryl methyl sites for hydroxylation is 1. The van der Waals surface area contributed by atoms with Crippen LogP contribution >= 0.6 is 0 Å². The van der Waals surface area contributed by atoms with Gasteiger partial charge in [0.1, 0.15) is 5.65 Å². The van der Waals surface area contributed by atoms with Crippen LogP contribution in [0, 0.1) is 6.92 Å². The van der Waals surface area contributed by atoms with Gasteiger partial charge in [-0.2, -0.15) is 13.5 Å². The Hall–Kier alpha value is -3.33. The van der Waals surface area contributed by atoms with Crippen LogP contribution in [0.1, 0.15) is 25.0 Å². The van der Waals surface area contributed by atoms with Crippen LogP contribution in [0.2, 0.25) is 0 Å². The number of anilines is 2. The van der Waals surface area contributed by atoms with Crippen molar-refractivity contribution in [2.24, 2.45) is 0 Å². The molecule has 0 bridgehead atoms. The monoisotopic (exact) mass is 450 g/mol. The molecule has 2 N–H and O–H groups in total. The maximum Gasteiger partial charge on any atom is 0.281 e. The fraction of sp³-hybridized carbons (Fsp3) is 0.304. The number of fused-ring (bicyclic) bond motifs is 2. The lowest BCUT2D eigenvalue weighted by molar-refractivity contribution is 0.590. The van der Waals surface area contributed by atoms with Crippen molar-refractivity contribution in [1.29, 1.82) is 0 Å². The number of sulfonamides is 1. The Bertz CT molecular complexity index is 1410. The van der Waals surface area contributed by atoms with Gasteiger partial charge in [0.15, 0.2) is 5.03 Å². The van der Waals surface area contributed by atoms with Crippen molar-refractivity contribution in [2.45, 2.75) is 38.3 Å². The van der Waals surface area contributed by atoms with Crippen LogP contribution in [0.4, 0.5) is 11.4 Å². The second kappa shape index (κ2) is 7.37. The fourth-order valence-corrected chi connectivity index (χ4v) is 5.74. The van der Waals surface area contributed by atoms with Crippen LogP contribution in [0.3, 0.4) is 0 Å². The van der Waals surface area contributed by atoms with E-state index < -0.39 is 10.0 Å². The summed E-state index contributed by atoms with van der Waals surface area (Å²) in [5.41, 5.74) is 6.56. The third-order valence-electron chi connectivity index (χ3n) is 6.24. The van der Waals surface area contributed by atoms with Crippen LogP contribution in [0.25, 0.3) is 22.2 Å². The highest BCUT2D eigenvalue weighted by molar-refractivity contribution is 7.92. The molecule has 0 atom stereocenters. The van der Waals surface area contributed by atoms with Crippen molar-refractivity contribution >= 4 is 32.4 Å². The zero-order valence-electron chi connectivity index (χ0n) is 18.5. The Morgan fingerprint density at radius 2 is 2.03 bits per heavy atom. The number of pyridine rings is 1. The summed E-state index contributed by atoms with van der Waals surface area (Å²) in [4.78, 5) is 10.2. The molecule has 4 aromatic rings. The van der Waals surface area contributed by atoms with Gasteiger partial charge in [-0.15, -0.1) is 0 Å². The minimum Gasteiger partial charge on any atom is -0.369 e. The Morgan fingerprint density at radius 1 is 1.22 bits per heavy atom. The molecule has 0 saturated heterocycles. The van der Waals surface area contributed by atoms with Gasteiger partial charge in [-0.25, -0.2) is 4.98 Å². The summed E-state index contributed by atoms with van der Waals surface area (Å²) in [5, 5.41) is 7.21. The highest BCUT2D eigenvalue weighted by atomic mass is 32.2. The maximum atomic E-state index is 13.2. The zero-order valence-corrected chi connectivity index (χ0v) is 19.4. The minimum atomic E-state index is -3.80. The first-order chi connectivity index (χ1) is 15.3. The molecule has 166 valence electrons. The Balaban J connectivity index is 1.70. The van der Waals surface area contributed by atoms with Gasteiger partial charge in [-0.1, -0.05) is 12.1 Å². The molecule has 1 aliphatic rings. The average molecular weight is 451 g/mol. The van der Waals surface area contributed by atoms with Gasteiger partial charge in [0.05, 0.1) is 17.3 Å². The lowest BCUT2D eigenvalue weighted by atomic mass is 10.0. The topological polar surface area (TPSA) is 98.0 Å². The van der Waals surface area contributed by atoms with Gasteiger partial charge in [-0.3, -0.25) is 9.40 Å². The lowest BCUT2D eigenvalue weighted by Gasteiger charge is -2.24. The van der Waals surface area contributed by atoms with Gasteiger partial charge in [0, 0.05) is 43.3 Å². The largest absolute Gasteiger partial charge is 0.369 e. The standard InChI is InChI=1S/C23H26N6O2S/c1-14(2)29-10-8-16-5-6-17(11-19(16)29)18-13-25-23-21(18)22(15(3)12-24-23)28(4)32(30,31)20-7-9-26-27-20/h5-7,9,11-14H,8,10H2,1-4H3,(H,24,25)(H,26,27). The molecule has 0 amide bonds. The van der Waals surface area contributed by atoms with Crippen LogP contribution in [0.5, 0.6) is 0 Å². The Kier molecular flexibility index (Phi) is 4.74. The fourth-order valence-electron chi connectivity index (χ4n) is 4.57. The third-order valence-corrected chi connectivity index (χ3v) is 7.92. The molecule has 0 radical (unpaired) electrons. The summed E-state index contributed by atoms with van der Waals surface area (Å²) in [6, 6.07) is 8.37. The maximum absolute atomic E-state index is 13.2. The molecule has 0 spiro atoms. The van der Waals surface area contributed by atoms with E-state index >= 15 is 0 Å². The molecular formula is C23H26N6O2S. The number of rotatable bonds is 5. The van der Waals surface area contributed by atoms with Gasteiger partial charge >= 0.3 is 0 Å². The molecule has 5 rings (SSSR count). The van der Waals surface area contributed by atoms with Crippen molar-refractivity contribution < 1.29 is 8.42 Å². The second-order valence-electron chi connectivity index (χ2n) is 8.49. The van der Waals surface area contributed by atoms with Gasteiger partial charge in [-0.05, 0) is 56.0 Å². The number of benzene rings is 1. The first kappa shape index (κ1) is 20.6. The molecule has 0 aliphatic carbocycles. The van der Waals surface area contributed by atoms with E-state index in [4.69, 9.17) is 0 Å². The molecule has 0 unspecified atom stereocenters. The molecule has 9 heteroatoms. The summed E-state index contributed by atoms with van der Waals surface area (Å²) < 4.78 is 27.8. The van der Waals surface area contributed by atoms with Crippen LogP contribution in [-0.4, -0.2) is 48.2 Å². The summed E-state index contributed by atoms with van der Waals surface area (Å²) in [6.45, 7) is 7.30. The van der Waals surface area contributed by atoms with E-state index in [2.05, 4.69) is 57.1 Å². The van der Waals surface area contributed by atoms with Gasteiger partial charge in [0.2, 0.25) is 0 Å². The van der Waals surface area contributed by atoms with E-state index in [1.807, 2.05) is 13.1 Å². The number of nitrogens with one attached hydrogen (secondary N) is 2. The third kappa shape index (κ3) is 3.07. The second-order valence-corrected chi connectivity index (χ2v) is 10.4. The minimum absolute atomic E-state index is 0.0477. The van der Waals surface area contributed by atoms with Crippen molar-refractivity contribution in [3.63, 3.8) is 0 Å². The predicted octanol–water partition coefficient (Wildman–Crippen LogP) is 3.86. The van der Waals surface area contributed by atoms with E-state index in [0.29, 0.717) is 17.4 Å². The van der Waals surface area contributed by atoms with E-state index in [1.54, 1.807) is 13.2 Å². The first-order valence-electron chi connectivity index (χ1n) is 10.6. The van der Waals surface area contributed by atoms with Crippen molar-refractivity contribution in [3.8, 4) is 11.1 Å². The summed E-state index contributed by atoms with van der Waals surface area (Å²) >= 11 is 0. The molecule has 0 saturated carbocycles. The highest BCUT2D eigenvalue weighted by Gasteiger charge is 2.28. The van der Waals surface area contributed by atoms with Crippen LogP contribution in [-0.2, 0) is 16.4 Å². The molecule has 1 aromatic carbocycles. The SMILES string of the molecule is Cc1cnc2[nH]cc(-c3ccc4c(c3)N(C(C)C)CC4)c2c1N(C)S(=O)(=O)c1ccn[nH]1. The highest BCUT2D eigenvalue weighted by Crippen LogP contribution is 2.41. The zero-order chi connectivity index (χ0) is 22.6. The smallest absolute Gasteiger partial charge is 0.281 e. The summed E-state index contributed by atoms with van der Waals surface area (Å²) in [5.74, 6) is 0. The molecule has 32 heavy (non-hydrogen) atoms. The van der Waals surface area contributed by atoms with E-state index in [0.717, 1.165) is 35.0 Å². The summed E-state index contributed by atoms with van der Waals surface area (Å²) in [6.07, 6.45) is 6.08. The van der Waals surface area contributed by atoms with Gasteiger partial charge < -0.3 is 9.88 Å². The van der Waals surface area contributed by atoms with E-state index in [1.165, 1.54) is 27.8 Å². The normalized spacial score (nSPS) is 13.8. The average Bonchev–Trinajstić information content (AvgIpc) is 3.51. The first-order valence-corrected chi connectivity index (χ1v) is 12.1. The number of hydrogen-bond acceptors (Lipinski definition) is 5. The van der Waals surface area contributed by atoms with E-state index in [-0.39, 0.29) is 5.03 Å². The molecule has 0 fully saturated rings. The molecule has 3 aromatic heterocycles. The molecular weight excluding hydrogens is 424 g/mol. The number of hydrogen-bond donors (Lipinski definition) is 2. The van der Waals surface area contributed by atoms with Crippen LogP contribution in [0.15, 0.2) is 47.9 Å². The molecule has 8 nitrogen and oxygen atoms in total. The Labute approximate surface area is 187 Å². The molecule has 4 heterocycles. The number of H-pyrrole nitrogens is 2. The van der Waals surface area contributed by atoms with Gasteiger partial charge in [0.25, 0.3) is 10.0 Å². The van der Waals surface area contributed by atoms with Crippen molar-refractivity contribution in [2.75, 3.05) is 22.8 Å². The summed E-state index contributed by atoms with van der Waals surface area (Å²) in [7, 11) is -2.24. The number of nitrogens with zero attached hydrogens (tertiary/aromatic N) is 4. The predicted molar refractivity (Wildman–Crippen MR) is 127 cm³/mol. The van der Waals surface area contributed by atoms with Crippen LogP contribution < -0.4 is 9.21 Å². The van der Waals surface area contributed by atoms with Crippen molar-refractivity contribution in [1.82, 2.24) is 20.2 Å². The number of aromatic amines is 2. The molecule has 1 aliphatic heterocycles. The van der Waals surface area contributed by atoms with E-state index in [9.17, 15) is 8.42 Å². The Morgan fingerprint density at radius 3 is 2.75 bits per heavy atom. The number of aromatic nitrogens is 4.